The number of hydrogen-bond acceptors (Lipinski definition) is 7. The molecule has 2 aromatic carbocycles. The first-order valence-corrected chi connectivity index (χ1v) is 12.6. The summed E-state index contributed by atoms with van der Waals surface area (Å²) in [7, 11) is 1.31. The summed E-state index contributed by atoms with van der Waals surface area (Å²) in [5.41, 5.74) is 5.82. The van der Waals surface area contributed by atoms with Gasteiger partial charge < -0.3 is 20.1 Å². The summed E-state index contributed by atoms with van der Waals surface area (Å²) in [5, 5.41) is 16.9. The molecule has 7 nitrogen and oxygen atoms in total. The van der Waals surface area contributed by atoms with Gasteiger partial charge in [0.05, 0.1) is 47.6 Å². The van der Waals surface area contributed by atoms with Gasteiger partial charge in [-0.1, -0.05) is 47.7 Å². The number of carbonyl (C=O) groups is 2. The molecular formula is C28H31N3O4S. The predicted molar refractivity (Wildman–Crippen MR) is 143 cm³/mol. The molecular weight excluding hydrogens is 474 g/mol. The first kappa shape index (κ1) is 26.9. The highest BCUT2D eigenvalue weighted by molar-refractivity contribution is 8.03. The van der Waals surface area contributed by atoms with Crippen molar-refractivity contribution in [1.82, 2.24) is 5.32 Å². The Morgan fingerprint density at radius 1 is 1.14 bits per heavy atom. The summed E-state index contributed by atoms with van der Waals surface area (Å²) in [6.45, 7) is 10.0. The van der Waals surface area contributed by atoms with Gasteiger partial charge in [-0.05, 0) is 51.8 Å². The molecule has 0 saturated heterocycles. The second-order valence-corrected chi connectivity index (χ2v) is 9.51. The number of amides is 1. The Morgan fingerprint density at radius 2 is 1.81 bits per heavy atom. The van der Waals surface area contributed by atoms with Crippen molar-refractivity contribution in [3.8, 4) is 11.8 Å². The number of anilines is 1. The van der Waals surface area contributed by atoms with Crippen LogP contribution in [-0.4, -0.2) is 31.3 Å². The average molecular weight is 506 g/mol. The van der Waals surface area contributed by atoms with Crippen LogP contribution in [-0.2, 0) is 14.3 Å². The maximum Gasteiger partial charge on any atom is 0.336 e. The molecule has 2 N–H and O–H groups in total. The van der Waals surface area contributed by atoms with Crippen molar-refractivity contribution in [3.63, 3.8) is 0 Å². The number of esters is 1. The number of benzene rings is 2. The number of allylic oxidation sites excluding steroid dienone is 2. The first-order chi connectivity index (χ1) is 17.2. The molecule has 0 spiro atoms. The van der Waals surface area contributed by atoms with Crippen LogP contribution >= 0.6 is 11.8 Å². The van der Waals surface area contributed by atoms with Gasteiger partial charge in [0.2, 0.25) is 5.91 Å². The van der Waals surface area contributed by atoms with Crippen LogP contribution in [0.3, 0.4) is 0 Å². The Hall–Kier alpha value is -3.70. The topological polar surface area (TPSA) is 100 Å². The van der Waals surface area contributed by atoms with E-state index in [-0.39, 0.29) is 11.7 Å². The van der Waals surface area contributed by atoms with Gasteiger partial charge in [-0.25, -0.2) is 4.79 Å². The van der Waals surface area contributed by atoms with E-state index in [1.54, 1.807) is 6.92 Å². The predicted octanol–water partition coefficient (Wildman–Crippen LogP) is 5.25. The third-order valence-corrected chi connectivity index (χ3v) is 6.89. The van der Waals surface area contributed by atoms with Crippen LogP contribution in [0.5, 0.6) is 5.75 Å². The second kappa shape index (κ2) is 11.8. The molecule has 0 aliphatic carbocycles. The molecule has 0 saturated carbocycles. The zero-order valence-corrected chi connectivity index (χ0v) is 22.3. The van der Waals surface area contributed by atoms with Gasteiger partial charge in [-0.2, -0.15) is 5.26 Å². The van der Waals surface area contributed by atoms with Gasteiger partial charge in [0, 0.05) is 16.9 Å². The molecule has 2 aromatic rings. The Balaban J connectivity index is 1.95. The number of para-hydroxylation sites is 1. The number of aryl methyl sites for hydroxylation is 3. The van der Waals surface area contributed by atoms with E-state index in [9.17, 15) is 14.9 Å². The van der Waals surface area contributed by atoms with E-state index < -0.39 is 11.9 Å². The number of nitrogens with zero attached hydrogens (tertiary/aromatic N) is 1. The lowest BCUT2D eigenvalue weighted by Crippen LogP contribution is -2.29. The normalized spacial score (nSPS) is 15.2. The van der Waals surface area contributed by atoms with E-state index in [0.717, 1.165) is 22.4 Å². The zero-order valence-electron chi connectivity index (χ0n) is 21.4. The van der Waals surface area contributed by atoms with Crippen LogP contribution in [0.1, 0.15) is 42.0 Å². The number of hydrogen-bond donors (Lipinski definition) is 2. The number of nitrogens with one attached hydrogen (secondary N) is 2. The maximum atomic E-state index is 12.9. The number of thioether (sulfide) groups is 1. The molecule has 1 atom stereocenters. The molecule has 1 amide bonds. The summed E-state index contributed by atoms with van der Waals surface area (Å²) < 4.78 is 10.9. The molecule has 8 heteroatoms. The van der Waals surface area contributed by atoms with Gasteiger partial charge in [-0.15, -0.1) is 0 Å². The molecule has 1 heterocycles. The van der Waals surface area contributed by atoms with E-state index in [0.29, 0.717) is 39.8 Å². The van der Waals surface area contributed by atoms with Crippen molar-refractivity contribution < 1.29 is 19.1 Å². The fraction of sp³-hybridized carbons (Fsp3) is 0.321. The number of carbonyl (C=O) groups excluding carboxylic acids is 2. The monoisotopic (exact) mass is 505 g/mol. The summed E-state index contributed by atoms with van der Waals surface area (Å²) in [4.78, 5) is 25.7. The van der Waals surface area contributed by atoms with Crippen molar-refractivity contribution in [1.29, 1.82) is 5.26 Å². The lowest BCUT2D eigenvalue weighted by Gasteiger charge is -2.30. The van der Waals surface area contributed by atoms with Crippen molar-refractivity contribution >= 4 is 29.3 Å². The molecule has 0 radical (unpaired) electrons. The molecule has 0 bridgehead atoms. The molecule has 0 aromatic heterocycles. The van der Waals surface area contributed by atoms with Gasteiger partial charge in [0.15, 0.2) is 0 Å². The molecule has 36 heavy (non-hydrogen) atoms. The van der Waals surface area contributed by atoms with Crippen LogP contribution in [0.4, 0.5) is 5.69 Å². The summed E-state index contributed by atoms with van der Waals surface area (Å²) >= 11 is 1.22. The number of dihydropyridines is 1. The third kappa shape index (κ3) is 5.74. The SMILES string of the molecule is CCOc1ccccc1[C@H]1C(C#N)=C(SCC(=O)Nc2c(C)cc(C)cc2C)NC(C)=C1C(=O)OC. The second-order valence-electron chi connectivity index (χ2n) is 8.52. The van der Waals surface area contributed by atoms with Crippen LogP contribution in [0.15, 0.2) is 58.3 Å². The fourth-order valence-electron chi connectivity index (χ4n) is 4.41. The molecule has 1 aliphatic rings. The first-order valence-electron chi connectivity index (χ1n) is 11.6. The Labute approximate surface area is 216 Å². The smallest absolute Gasteiger partial charge is 0.336 e. The Kier molecular flexibility index (Phi) is 8.83. The number of rotatable bonds is 8. The maximum absolute atomic E-state index is 12.9. The Morgan fingerprint density at radius 3 is 2.42 bits per heavy atom. The van der Waals surface area contributed by atoms with Crippen LogP contribution in [0.2, 0.25) is 0 Å². The van der Waals surface area contributed by atoms with Crippen LogP contribution < -0.4 is 15.4 Å². The standard InChI is InChI=1S/C28H31N3O4S/c1-7-35-22-11-9-8-10-20(22)25-21(14-29)27(30-19(5)24(25)28(33)34-6)36-15-23(32)31-26-17(3)12-16(2)13-18(26)4/h8-13,25,30H,7,15H2,1-6H3,(H,31,32)/t25-/m0/s1. The quantitative estimate of drug-likeness (QED) is 0.473. The molecule has 188 valence electrons. The van der Waals surface area contributed by atoms with Crippen molar-refractivity contribution in [3.05, 3.63) is 80.5 Å². The molecule has 0 fully saturated rings. The number of methoxy groups -OCH3 is 1. The fourth-order valence-corrected chi connectivity index (χ4v) is 5.31. The minimum absolute atomic E-state index is 0.0843. The molecule has 1 aliphatic heterocycles. The van der Waals surface area contributed by atoms with Crippen molar-refractivity contribution in [2.75, 3.05) is 24.8 Å². The van der Waals surface area contributed by atoms with E-state index in [1.165, 1.54) is 18.9 Å². The van der Waals surface area contributed by atoms with Gasteiger partial charge in [0.1, 0.15) is 5.75 Å². The summed E-state index contributed by atoms with van der Waals surface area (Å²) in [5.74, 6) is -0.745. The van der Waals surface area contributed by atoms with Crippen molar-refractivity contribution in [2.45, 2.75) is 40.5 Å². The largest absolute Gasteiger partial charge is 0.494 e. The number of nitriles is 1. The van der Waals surface area contributed by atoms with E-state index in [2.05, 4.69) is 16.7 Å². The minimum Gasteiger partial charge on any atom is -0.494 e. The van der Waals surface area contributed by atoms with Gasteiger partial charge in [-0.3, -0.25) is 4.79 Å². The summed E-state index contributed by atoms with van der Waals surface area (Å²) in [6, 6.07) is 13.7. The van der Waals surface area contributed by atoms with Crippen molar-refractivity contribution in [2.24, 2.45) is 0 Å². The van der Waals surface area contributed by atoms with Gasteiger partial charge >= 0.3 is 5.97 Å². The summed E-state index contributed by atoms with van der Waals surface area (Å²) in [6.07, 6.45) is 0. The molecule has 3 rings (SSSR count). The Bertz CT molecular complexity index is 1270. The zero-order chi connectivity index (χ0) is 26.4. The van der Waals surface area contributed by atoms with Gasteiger partial charge in [0.25, 0.3) is 0 Å². The molecule has 0 unspecified atom stereocenters. The van der Waals surface area contributed by atoms with E-state index >= 15 is 0 Å². The average Bonchev–Trinajstić information content (AvgIpc) is 2.84. The van der Waals surface area contributed by atoms with Crippen LogP contribution in [0, 0.1) is 32.1 Å². The highest BCUT2D eigenvalue weighted by Crippen LogP contribution is 2.44. The highest BCUT2D eigenvalue weighted by atomic mass is 32.2. The van der Waals surface area contributed by atoms with Crippen LogP contribution in [0.25, 0.3) is 0 Å². The lowest BCUT2D eigenvalue weighted by molar-refractivity contribution is -0.136. The third-order valence-electron chi connectivity index (χ3n) is 5.87. The number of ether oxygens (including phenoxy) is 2. The van der Waals surface area contributed by atoms with E-state index in [4.69, 9.17) is 9.47 Å². The lowest BCUT2D eigenvalue weighted by atomic mass is 9.82. The minimum atomic E-state index is -0.696. The van der Waals surface area contributed by atoms with E-state index in [1.807, 2.05) is 64.1 Å². The highest BCUT2D eigenvalue weighted by Gasteiger charge is 2.37.